The first-order valence-corrected chi connectivity index (χ1v) is 22.6. The van der Waals surface area contributed by atoms with E-state index in [4.69, 9.17) is 4.74 Å². The van der Waals surface area contributed by atoms with Crippen LogP contribution in [0.5, 0.6) is 0 Å². The average Bonchev–Trinajstić information content (AvgIpc) is 3.75. The molecule has 0 bridgehead atoms. The number of carbonyl (C=O) groups excluding carboxylic acids is 5. The van der Waals surface area contributed by atoms with Crippen LogP contribution < -0.4 is 5.32 Å². The number of allylic oxidation sites excluding steroid dienone is 3. The lowest BCUT2D eigenvalue weighted by atomic mass is 9.57. The van der Waals surface area contributed by atoms with Crippen molar-refractivity contribution in [1.82, 2.24) is 10.2 Å². The summed E-state index contributed by atoms with van der Waals surface area (Å²) in [6.07, 6.45) is 11.2. The number of carbonyl (C=O) groups is 5. The molecule has 10 unspecified atom stereocenters. The van der Waals surface area contributed by atoms with Crippen LogP contribution in [0.25, 0.3) is 0 Å². The Bertz CT molecular complexity index is 2040. The van der Waals surface area contributed by atoms with Gasteiger partial charge < -0.3 is 14.8 Å². The number of hydrogen-bond acceptors (Lipinski definition) is 7. The van der Waals surface area contributed by atoms with Gasteiger partial charge in [0, 0.05) is 80.7 Å². The minimum atomic E-state index is -0.586. The zero-order chi connectivity index (χ0) is 41.6. The van der Waals surface area contributed by atoms with Crippen molar-refractivity contribution in [2.45, 2.75) is 129 Å². The van der Waals surface area contributed by atoms with E-state index in [9.17, 15) is 24.0 Å². The summed E-state index contributed by atoms with van der Waals surface area (Å²) in [5.74, 6) is 2.13. The fourth-order valence-corrected chi connectivity index (χ4v) is 12.8. The number of amides is 1. The summed E-state index contributed by atoms with van der Waals surface area (Å²) in [5.41, 5.74) is 6.48. The van der Waals surface area contributed by atoms with Crippen molar-refractivity contribution in [3.63, 3.8) is 0 Å². The minimum Gasteiger partial charge on any atom is -0.365 e. The molecule has 2 aliphatic heterocycles. The highest BCUT2D eigenvalue weighted by atomic mass is 16.5. The molecule has 1 spiro atoms. The third-order valence-corrected chi connectivity index (χ3v) is 16.0. The van der Waals surface area contributed by atoms with E-state index in [0.29, 0.717) is 78.9 Å². The zero-order valence-corrected chi connectivity index (χ0v) is 35.9. The lowest BCUT2D eigenvalue weighted by molar-refractivity contribution is -0.130. The molecule has 1 amide bonds. The number of rotatable bonds is 13. The molecule has 0 radical (unpaired) electrons. The van der Waals surface area contributed by atoms with E-state index >= 15 is 0 Å². The van der Waals surface area contributed by atoms with Gasteiger partial charge >= 0.3 is 0 Å². The van der Waals surface area contributed by atoms with Crippen LogP contribution in [0.4, 0.5) is 0 Å². The standard InChI is InChI=1S/C51H64N2O6/c1-31-25-46-47(34(4)51(59-46)22-20-42-43-18-16-39-28-41(56)19-21-50(39,5)45(43)29-44(42)33(51)3)53(30-31)24-23-52-49(58)38(27-40(55)17-11-32(2)54)26-35-12-14-37(15-13-35)48(57)36-9-7-6-8-10-36/h6-10,12-16,31,34,38,42-43,45-47H,11,17-30H2,1-5H3,(H,52,58). The van der Waals surface area contributed by atoms with Crippen LogP contribution in [-0.4, -0.2) is 71.3 Å². The lowest BCUT2D eigenvalue weighted by Gasteiger charge is -2.47. The first kappa shape index (κ1) is 41.7. The largest absolute Gasteiger partial charge is 0.365 e. The molecule has 2 heterocycles. The van der Waals surface area contributed by atoms with E-state index in [2.05, 4.69) is 44.0 Å². The van der Waals surface area contributed by atoms with Gasteiger partial charge in [0.2, 0.25) is 5.91 Å². The Kier molecular flexibility index (Phi) is 11.9. The predicted octanol–water partition coefficient (Wildman–Crippen LogP) is 8.46. The molecule has 1 N–H and O–H groups in total. The Morgan fingerprint density at radius 3 is 2.47 bits per heavy atom. The summed E-state index contributed by atoms with van der Waals surface area (Å²) in [6, 6.07) is 16.8. The molecule has 59 heavy (non-hydrogen) atoms. The smallest absolute Gasteiger partial charge is 0.223 e. The van der Waals surface area contributed by atoms with Gasteiger partial charge in [0.15, 0.2) is 5.78 Å². The molecule has 314 valence electrons. The summed E-state index contributed by atoms with van der Waals surface area (Å²) in [6.45, 7) is 13.2. The molecule has 2 aromatic rings. The number of benzene rings is 2. The number of piperidine rings is 1. The second-order valence-corrected chi connectivity index (χ2v) is 19.6. The maximum Gasteiger partial charge on any atom is 0.223 e. The second-order valence-electron chi connectivity index (χ2n) is 19.6. The lowest BCUT2D eigenvalue weighted by Crippen LogP contribution is -2.54. The van der Waals surface area contributed by atoms with Crippen molar-refractivity contribution in [3.05, 3.63) is 94.1 Å². The number of likely N-dealkylation sites (tertiary alicyclic amines) is 1. The molecule has 4 fully saturated rings. The molecule has 2 saturated carbocycles. The number of nitrogens with one attached hydrogen (secondary N) is 1. The van der Waals surface area contributed by atoms with E-state index < -0.39 is 5.92 Å². The van der Waals surface area contributed by atoms with E-state index in [0.717, 1.165) is 44.2 Å². The third kappa shape index (κ3) is 8.01. The van der Waals surface area contributed by atoms with E-state index in [1.807, 2.05) is 30.3 Å². The van der Waals surface area contributed by atoms with Crippen LogP contribution in [-0.2, 0) is 30.3 Å². The fourth-order valence-electron chi connectivity index (χ4n) is 12.8. The Morgan fingerprint density at radius 2 is 1.73 bits per heavy atom. The van der Waals surface area contributed by atoms with Crippen LogP contribution in [0.3, 0.4) is 0 Å². The third-order valence-electron chi connectivity index (χ3n) is 16.0. The predicted molar refractivity (Wildman–Crippen MR) is 229 cm³/mol. The first-order valence-electron chi connectivity index (χ1n) is 22.6. The van der Waals surface area contributed by atoms with Crippen molar-refractivity contribution < 1.29 is 28.7 Å². The fraction of sp³-hybridized carbons (Fsp3) is 0.588. The molecule has 8 nitrogen and oxygen atoms in total. The van der Waals surface area contributed by atoms with Crippen molar-refractivity contribution in [2.24, 2.45) is 40.9 Å². The number of ketones is 4. The number of fused-ring (bicyclic) bond motifs is 6. The summed E-state index contributed by atoms with van der Waals surface area (Å²) in [5, 5.41) is 3.22. The van der Waals surface area contributed by atoms with Crippen molar-refractivity contribution in [1.29, 1.82) is 0 Å². The molecule has 0 aromatic heterocycles. The topological polar surface area (TPSA) is 110 Å². The maximum atomic E-state index is 14.0. The molecule has 2 aromatic carbocycles. The van der Waals surface area contributed by atoms with Crippen LogP contribution in [0.1, 0.15) is 127 Å². The summed E-state index contributed by atoms with van der Waals surface area (Å²) in [7, 11) is 0. The first-order chi connectivity index (χ1) is 28.3. The monoisotopic (exact) mass is 800 g/mol. The Balaban J connectivity index is 0.939. The molecule has 8 rings (SSSR count). The number of hydrogen-bond donors (Lipinski definition) is 1. The van der Waals surface area contributed by atoms with Crippen molar-refractivity contribution in [2.75, 3.05) is 19.6 Å². The Morgan fingerprint density at radius 1 is 0.983 bits per heavy atom. The average molecular weight is 801 g/mol. The van der Waals surface area contributed by atoms with Crippen LogP contribution >= 0.6 is 0 Å². The van der Waals surface area contributed by atoms with Gasteiger partial charge in [-0.05, 0) is 99.0 Å². The van der Waals surface area contributed by atoms with Gasteiger partial charge in [0.1, 0.15) is 17.3 Å². The summed E-state index contributed by atoms with van der Waals surface area (Å²) >= 11 is 0. The van der Waals surface area contributed by atoms with Gasteiger partial charge in [0.25, 0.3) is 0 Å². The van der Waals surface area contributed by atoms with Gasteiger partial charge in [-0.15, -0.1) is 0 Å². The van der Waals surface area contributed by atoms with Gasteiger partial charge in [0.05, 0.1) is 11.7 Å². The highest BCUT2D eigenvalue weighted by Gasteiger charge is 2.61. The Labute approximate surface area is 351 Å². The van der Waals surface area contributed by atoms with E-state index in [-0.39, 0.29) is 65.7 Å². The number of Topliss-reactive ketones (excluding diaryl/α,β-unsaturated/α-hetero) is 3. The van der Waals surface area contributed by atoms with Gasteiger partial charge in [-0.25, -0.2) is 0 Å². The molecule has 8 heteroatoms. The van der Waals surface area contributed by atoms with Crippen LogP contribution in [0.15, 0.2) is 77.4 Å². The van der Waals surface area contributed by atoms with E-state index in [1.54, 1.807) is 29.8 Å². The van der Waals surface area contributed by atoms with Gasteiger partial charge in [-0.2, -0.15) is 0 Å². The molecular formula is C51H64N2O6. The van der Waals surface area contributed by atoms with Gasteiger partial charge in [-0.1, -0.05) is 92.6 Å². The van der Waals surface area contributed by atoms with Gasteiger partial charge in [-0.3, -0.25) is 24.1 Å². The molecule has 6 aliphatic rings. The molecular weight excluding hydrogens is 737 g/mol. The molecule has 2 saturated heterocycles. The SMILES string of the molecule is CC(=O)CCC(=O)CC(Cc1ccc(C(=O)c2ccccc2)cc1)C(=O)NCCN1CC(C)CC2OC3(CCC4C(=C3C)CC3C4CC=C4CC(=O)CCC43C)C(C)C21. The highest BCUT2D eigenvalue weighted by Crippen LogP contribution is 2.65. The highest BCUT2D eigenvalue weighted by molar-refractivity contribution is 6.09. The number of nitrogens with zero attached hydrogens (tertiary/aromatic N) is 1. The minimum absolute atomic E-state index is 0.0388. The molecule has 10 atom stereocenters. The zero-order valence-electron chi connectivity index (χ0n) is 35.9. The molecule has 4 aliphatic carbocycles. The summed E-state index contributed by atoms with van der Waals surface area (Å²) < 4.78 is 7.36. The van der Waals surface area contributed by atoms with E-state index in [1.165, 1.54) is 24.5 Å². The van der Waals surface area contributed by atoms with Crippen LogP contribution in [0.2, 0.25) is 0 Å². The Hall–Kier alpha value is -4.01. The van der Waals surface area contributed by atoms with Crippen LogP contribution in [0, 0.1) is 40.9 Å². The second kappa shape index (κ2) is 16.8. The van der Waals surface area contributed by atoms with Crippen molar-refractivity contribution >= 4 is 29.0 Å². The number of ether oxygens (including phenoxy) is 1. The summed E-state index contributed by atoms with van der Waals surface area (Å²) in [4.78, 5) is 66.7. The van der Waals surface area contributed by atoms with Crippen molar-refractivity contribution in [3.8, 4) is 0 Å². The maximum absolute atomic E-state index is 14.0. The quantitative estimate of drug-likeness (QED) is 0.160. The normalized spacial score (nSPS) is 33.1.